The first-order valence-electron chi connectivity index (χ1n) is 8.49. The minimum atomic E-state index is 0. The van der Waals surface area contributed by atoms with Crippen molar-refractivity contribution in [1.82, 2.24) is 20.4 Å². The second kappa shape index (κ2) is 9.22. The topological polar surface area (TPSA) is 61.0 Å². The molecular weight excluding hydrogens is 359 g/mol. The lowest BCUT2D eigenvalue weighted by Gasteiger charge is -2.32. The van der Waals surface area contributed by atoms with Gasteiger partial charge in [0.15, 0.2) is 0 Å². The number of carbonyl (C=O) groups is 1. The predicted octanol–water partition coefficient (Wildman–Crippen LogP) is 3.61. The van der Waals surface area contributed by atoms with Crippen LogP contribution >= 0.6 is 24.0 Å². The molecule has 0 aliphatic carbocycles. The molecule has 2 aromatic rings. The summed E-state index contributed by atoms with van der Waals surface area (Å²) in [5, 5.41) is 11.0. The molecule has 7 heteroatoms. The molecule has 0 atom stereocenters. The number of amides is 1. The number of piperidine rings is 1. The van der Waals surface area contributed by atoms with Crippen molar-refractivity contribution in [2.24, 2.45) is 5.92 Å². The van der Waals surface area contributed by atoms with Crippen molar-refractivity contribution in [3.63, 3.8) is 0 Å². The lowest BCUT2D eigenvalue weighted by molar-refractivity contribution is 0.0691. The quantitative estimate of drug-likeness (QED) is 0.829. The fourth-order valence-electron chi connectivity index (χ4n) is 3.18. The molecule has 0 bridgehead atoms. The van der Waals surface area contributed by atoms with E-state index in [1.165, 1.54) is 0 Å². The van der Waals surface area contributed by atoms with Gasteiger partial charge in [-0.05, 0) is 37.9 Å². The van der Waals surface area contributed by atoms with Crippen LogP contribution in [0.5, 0.6) is 0 Å². The van der Waals surface area contributed by atoms with E-state index in [-0.39, 0.29) is 18.3 Å². The van der Waals surface area contributed by atoms with Crippen molar-refractivity contribution in [2.75, 3.05) is 26.2 Å². The van der Waals surface area contributed by atoms with Crippen LogP contribution in [0, 0.1) is 5.92 Å². The summed E-state index contributed by atoms with van der Waals surface area (Å²) in [7, 11) is 0. The number of benzene rings is 1. The highest BCUT2D eigenvalue weighted by Crippen LogP contribution is 2.29. The van der Waals surface area contributed by atoms with Crippen LogP contribution in [0.4, 0.5) is 0 Å². The van der Waals surface area contributed by atoms with Crippen molar-refractivity contribution < 1.29 is 4.79 Å². The summed E-state index contributed by atoms with van der Waals surface area (Å²) in [5.74, 6) is 0.682. The van der Waals surface area contributed by atoms with Crippen molar-refractivity contribution in [2.45, 2.75) is 19.8 Å². The Morgan fingerprint density at radius 1 is 1.36 bits per heavy atom. The van der Waals surface area contributed by atoms with Gasteiger partial charge in [-0.2, -0.15) is 5.10 Å². The maximum Gasteiger partial charge on any atom is 0.257 e. The third-order valence-electron chi connectivity index (χ3n) is 4.60. The van der Waals surface area contributed by atoms with E-state index in [2.05, 4.69) is 22.4 Å². The van der Waals surface area contributed by atoms with E-state index in [4.69, 9.17) is 11.6 Å². The molecular formula is C18H24Cl2N4O. The van der Waals surface area contributed by atoms with Gasteiger partial charge in [0.25, 0.3) is 5.91 Å². The maximum atomic E-state index is 12.9. The lowest BCUT2D eigenvalue weighted by Crippen LogP contribution is -2.40. The Bertz CT molecular complexity index is 696. The fraction of sp³-hybridized carbons (Fsp3) is 0.444. The van der Waals surface area contributed by atoms with Gasteiger partial charge in [-0.1, -0.05) is 36.7 Å². The molecule has 1 aromatic carbocycles. The first-order valence-corrected chi connectivity index (χ1v) is 8.86. The zero-order valence-corrected chi connectivity index (χ0v) is 15.9. The van der Waals surface area contributed by atoms with Crippen LogP contribution in [0.15, 0.2) is 30.5 Å². The van der Waals surface area contributed by atoms with Crippen molar-refractivity contribution in [3.8, 4) is 11.3 Å². The van der Waals surface area contributed by atoms with Gasteiger partial charge in [0.1, 0.15) is 0 Å². The minimum Gasteiger partial charge on any atom is -0.339 e. The largest absolute Gasteiger partial charge is 0.339 e. The molecule has 25 heavy (non-hydrogen) atoms. The molecule has 1 aromatic heterocycles. The van der Waals surface area contributed by atoms with E-state index in [9.17, 15) is 4.79 Å². The summed E-state index contributed by atoms with van der Waals surface area (Å²) in [6, 6.07) is 7.49. The Morgan fingerprint density at radius 2 is 2.08 bits per heavy atom. The van der Waals surface area contributed by atoms with E-state index in [1.54, 1.807) is 6.20 Å². The van der Waals surface area contributed by atoms with Gasteiger partial charge in [-0.15, -0.1) is 12.4 Å². The third-order valence-corrected chi connectivity index (χ3v) is 4.93. The number of H-pyrrole nitrogens is 1. The number of hydrogen-bond acceptors (Lipinski definition) is 3. The molecule has 0 unspecified atom stereocenters. The monoisotopic (exact) mass is 382 g/mol. The molecule has 0 saturated carbocycles. The first kappa shape index (κ1) is 19.8. The molecule has 1 saturated heterocycles. The highest BCUT2D eigenvalue weighted by molar-refractivity contribution is 6.33. The van der Waals surface area contributed by atoms with Crippen LogP contribution in [0.25, 0.3) is 11.3 Å². The molecule has 1 fully saturated rings. The molecule has 0 spiro atoms. The van der Waals surface area contributed by atoms with Gasteiger partial charge in [0.2, 0.25) is 0 Å². The normalized spacial score (nSPS) is 15.0. The number of nitrogens with zero attached hydrogens (tertiary/aromatic N) is 2. The van der Waals surface area contributed by atoms with E-state index in [0.29, 0.717) is 22.2 Å². The Labute approximate surface area is 159 Å². The summed E-state index contributed by atoms with van der Waals surface area (Å²) in [5.41, 5.74) is 2.09. The third kappa shape index (κ3) is 4.54. The molecule has 0 radical (unpaired) electrons. The maximum absolute atomic E-state index is 12.9. The molecule has 2 heterocycles. The average Bonchev–Trinajstić information content (AvgIpc) is 3.09. The zero-order chi connectivity index (χ0) is 16.9. The summed E-state index contributed by atoms with van der Waals surface area (Å²) in [6.45, 7) is 5.74. The number of halogens is 2. The van der Waals surface area contributed by atoms with E-state index in [0.717, 1.165) is 44.6 Å². The summed E-state index contributed by atoms with van der Waals surface area (Å²) < 4.78 is 0. The van der Waals surface area contributed by atoms with Crippen molar-refractivity contribution in [1.29, 1.82) is 0 Å². The second-order valence-electron chi connectivity index (χ2n) is 6.18. The Balaban J connectivity index is 0.00000225. The van der Waals surface area contributed by atoms with Gasteiger partial charge < -0.3 is 10.2 Å². The molecule has 2 N–H and O–H groups in total. The summed E-state index contributed by atoms with van der Waals surface area (Å²) in [6.07, 6.45) is 3.68. The van der Waals surface area contributed by atoms with Crippen LogP contribution in [-0.2, 0) is 0 Å². The number of aromatic nitrogens is 2. The van der Waals surface area contributed by atoms with Gasteiger partial charge in [-0.3, -0.25) is 9.89 Å². The zero-order valence-electron chi connectivity index (χ0n) is 14.3. The Hall–Kier alpha value is -1.56. The van der Waals surface area contributed by atoms with Gasteiger partial charge in [0, 0.05) is 23.7 Å². The highest BCUT2D eigenvalue weighted by atomic mass is 35.5. The Morgan fingerprint density at radius 3 is 2.76 bits per heavy atom. The molecule has 1 aliphatic rings. The van der Waals surface area contributed by atoms with Crippen LogP contribution in [0.1, 0.15) is 30.1 Å². The SMILES string of the molecule is CCNCC1CCN(C(=O)c2cn[nH]c2-c2ccccc2Cl)CC1.Cl. The molecule has 1 aliphatic heterocycles. The van der Waals surface area contributed by atoms with Crippen LogP contribution in [-0.4, -0.2) is 47.2 Å². The smallest absolute Gasteiger partial charge is 0.257 e. The lowest BCUT2D eigenvalue weighted by atomic mass is 9.96. The summed E-state index contributed by atoms with van der Waals surface area (Å²) >= 11 is 6.27. The van der Waals surface area contributed by atoms with Crippen LogP contribution in [0.2, 0.25) is 5.02 Å². The molecule has 3 rings (SSSR count). The van der Waals surface area contributed by atoms with Crippen molar-refractivity contribution >= 4 is 29.9 Å². The average molecular weight is 383 g/mol. The molecule has 1 amide bonds. The van der Waals surface area contributed by atoms with E-state index in [1.807, 2.05) is 29.2 Å². The number of aromatic amines is 1. The number of rotatable bonds is 5. The number of hydrogen-bond donors (Lipinski definition) is 2. The highest BCUT2D eigenvalue weighted by Gasteiger charge is 2.26. The van der Waals surface area contributed by atoms with Gasteiger partial charge in [-0.25, -0.2) is 0 Å². The first-order chi connectivity index (χ1) is 11.7. The predicted molar refractivity (Wildman–Crippen MR) is 103 cm³/mol. The standard InChI is InChI=1S/C18H23ClN4O.ClH/c1-2-20-11-13-7-9-23(10-8-13)18(24)15-12-21-22-17(15)14-5-3-4-6-16(14)19;/h3-6,12-13,20H,2,7-11H2,1H3,(H,21,22);1H. The van der Waals surface area contributed by atoms with Crippen LogP contribution < -0.4 is 5.32 Å². The minimum absolute atomic E-state index is 0. The fourth-order valence-corrected chi connectivity index (χ4v) is 3.41. The number of carbonyl (C=O) groups excluding carboxylic acids is 1. The number of nitrogens with one attached hydrogen (secondary N) is 2. The van der Waals surface area contributed by atoms with Crippen LogP contribution in [0.3, 0.4) is 0 Å². The number of likely N-dealkylation sites (tertiary alicyclic amines) is 1. The van der Waals surface area contributed by atoms with Crippen molar-refractivity contribution in [3.05, 3.63) is 41.0 Å². The van der Waals surface area contributed by atoms with E-state index >= 15 is 0 Å². The van der Waals surface area contributed by atoms with Gasteiger partial charge >= 0.3 is 0 Å². The van der Waals surface area contributed by atoms with E-state index < -0.39 is 0 Å². The Kier molecular flexibility index (Phi) is 7.29. The molecule has 5 nitrogen and oxygen atoms in total. The van der Waals surface area contributed by atoms with Gasteiger partial charge in [0.05, 0.1) is 17.5 Å². The summed E-state index contributed by atoms with van der Waals surface area (Å²) in [4.78, 5) is 14.8. The second-order valence-corrected chi connectivity index (χ2v) is 6.59. The molecule has 136 valence electrons.